The molecule has 0 atom stereocenters. The molecule has 0 spiro atoms. The Kier molecular flexibility index (Phi) is 7.40. The van der Waals surface area contributed by atoms with E-state index in [9.17, 15) is 14.0 Å². The SMILES string of the molecule is Cc1cnc(C(=O)N(CCC(=O)NCC(C)C)Cc2ccc(F)cc2)cn1. The number of nitrogens with zero attached hydrogens (tertiary/aromatic N) is 3. The van der Waals surface area contributed by atoms with Crippen molar-refractivity contribution in [3.05, 3.63) is 59.4 Å². The Balaban J connectivity index is 2.09. The van der Waals surface area contributed by atoms with Crippen molar-refractivity contribution in [1.29, 1.82) is 0 Å². The number of aryl methyl sites for hydroxylation is 1. The molecule has 144 valence electrons. The predicted molar refractivity (Wildman–Crippen MR) is 100 cm³/mol. The van der Waals surface area contributed by atoms with Gasteiger partial charge in [0.05, 0.1) is 11.9 Å². The summed E-state index contributed by atoms with van der Waals surface area (Å²) in [7, 11) is 0. The summed E-state index contributed by atoms with van der Waals surface area (Å²) in [6, 6.07) is 5.93. The van der Waals surface area contributed by atoms with Crippen LogP contribution in [0.3, 0.4) is 0 Å². The van der Waals surface area contributed by atoms with Crippen LogP contribution in [0.15, 0.2) is 36.7 Å². The number of nitrogens with one attached hydrogen (secondary N) is 1. The largest absolute Gasteiger partial charge is 0.356 e. The fourth-order valence-electron chi connectivity index (χ4n) is 2.37. The van der Waals surface area contributed by atoms with Crippen LogP contribution in [0.1, 0.15) is 42.0 Å². The molecule has 2 aromatic rings. The molecule has 0 saturated heterocycles. The second kappa shape index (κ2) is 9.75. The molecule has 0 saturated carbocycles. The van der Waals surface area contributed by atoms with E-state index < -0.39 is 0 Å². The first kappa shape index (κ1) is 20.5. The number of halogens is 1. The zero-order valence-corrected chi connectivity index (χ0v) is 15.9. The van der Waals surface area contributed by atoms with Crippen LogP contribution in [0.5, 0.6) is 0 Å². The van der Waals surface area contributed by atoms with Gasteiger partial charge < -0.3 is 10.2 Å². The first-order valence-corrected chi connectivity index (χ1v) is 8.94. The fourth-order valence-corrected chi connectivity index (χ4v) is 2.37. The zero-order chi connectivity index (χ0) is 19.8. The number of amides is 2. The third kappa shape index (κ3) is 6.77. The molecule has 1 heterocycles. The number of benzene rings is 1. The standard InChI is InChI=1S/C20H25FN4O2/c1-14(2)10-24-19(26)8-9-25(13-16-4-6-17(21)7-5-16)20(27)18-12-22-15(3)11-23-18/h4-7,11-12,14H,8-10,13H2,1-3H3,(H,24,26). The fraction of sp³-hybridized carbons (Fsp3) is 0.400. The van der Waals surface area contributed by atoms with E-state index >= 15 is 0 Å². The van der Waals surface area contributed by atoms with Crippen LogP contribution < -0.4 is 5.32 Å². The predicted octanol–water partition coefficient (Wildman–Crippen LogP) is 2.73. The Morgan fingerprint density at radius 2 is 1.85 bits per heavy atom. The lowest BCUT2D eigenvalue weighted by Crippen LogP contribution is -2.36. The molecule has 6 nitrogen and oxygen atoms in total. The van der Waals surface area contributed by atoms with Crippen LogP contribution in [0, 0.1) is 18.7 Å². The number of carbonyl (C=O) groups excluding carboxylic acids is 2. The van der Waals surface area contributed by atoms with Gasteiger partial charge in [-0.15, -0.1) is 0 Å². The Morgan fingerprint density at radius 3 is 2.44 bits per heavy atom. The van der Waals surface area contributed by atoms with E-state index in [1.165, 1.54) is 29.4 Å². The summed E-state index contributed by atoms with van der Waals surface area (Å²) in [6.45, 7) is 6.90. The lowest BCUT2D eigenvalue weighted by Gasteiger charge is -2.22. The number of hydrogen-bond acceptors (Lipinski definition) is 4. The summed E-state index contributed by atoms with van der Waals surface area (Å²) in [6.07, 6.45) is 3.13. The topological polar surface area (TPSA) is 75.2 Å². The zero-order valence-electron chi connectivity index (χ0n) is 15.9. The number of hydrogen-bond donors (Lipinski definition) is 1. The highest BCUT2D eigenvalue weighted by Crippen LogP contribution is 2.11. The molecule has 27 heavy (non-hydrogen) atoms. The normalized spacial score (nSPS) is 10.7. The average Bonchev–Trinajstić information content (AvgIpc) is 2.65. The Labute approximate surface area is 158 Å². The van der Waals surface area contributed by atoms with Crippen LogP contribution in [0.25, 0.3) is 0 Å². The highest BCUT2D eigenvalue weighted by atomic mass is 19.1. The number of carbonyl (C=O) groups is 2. The molecule has 0 unspecified atom stereocenters. The van der Waals surface area contributed by atoms with Crippen molar-refractivity contribution in [3.63, 3.8) is 0 Å². The average molecular weight is 372 g/mol. The maximum absolute atomic E-state index is 13.1. The summed E-state index contributed by atoms with van der Waals surface area (Å²) in [5.74, 6) is -0.415. The molecule has 0 fully saturated rings. The third-order valence-corrected chi connectivity index (χ3v) is 3.89. The van der Waals surface area contributed by atoms with Gasteiger partial charge in [-0.25, -0.2) is 9.37 Å². The van der Waals surface area contributed by atoms with Crippen molar-refractivity contribution in [3.8, 4) is 0 Å². The van der Waals surface area contributed by atoms with Crippen molar-refractivity contribution in [1.82, 2.24) is 20.2 Å². The van der Waals surface area contributed by atoms with E-state index in [0.717, 1.165) is 5.56 Å². The first-order valence-electron chi connectivity index (χ1n) is 8.94. The van der Waals surface area contributed by atoms with Gasteiger partial charge in [0.25, 0.3) is 5.91 Å². The molecule has 0 bridgehead atoms. The van der Waals surface area contributed by atoms with Crippen molar-refractivity contribution in [2.24, 2.45) is 5.92 Å². The van der Waals surface area contributed by atoms with E-state index in [2.05, 4.69) is 15.3 Å². The van der Waals surface area contributed by atoms with Crippen molar-refractivity contribution in [2.75, 3.05) is 13.1 Å². The molecule has 0 radical (unpaired) electrons. The summed E-state index contributed by atoms with van der Waals surface area (Å²) in [4.78, 5) is 34.6. The lowest BCUT2D eigenvalue weighted by atomic mass is 10.2. The van der Waals surface area contributed by atoms with Gasteiger partial charge in [-0.1, -0.05) is 26.0 Å². The van der Waals surface area contributed by atoms with Crippen molar-refractivity contribution in [2.45, 2.75) is 33.7 Å². The van der Waals surface area contributed by atoms with E-state index in [1.807, 2.05) is 13.8 Å². The Morgan fingerprint density at radius 1 is 1.15 bits per heavy atom. The second-order valence-corrected chi connectivity index (χ2v) is 6.84. The quantitative estimate of drug-likeness (QED) is 0.773. The van der Waals surface area contributed by atoms with Gasteiger partial charge in [-0.3, -0.25) is 14.6 Å². The molecule has 1 aromatic carbocycles. The lowest BCUT2D eigenvalue weighted by molar-refractivity contribution is -0.121. The molecule has 2 rings (SSSR count). The maximum Gasteiger partial charge on any atom is 0.274 e. The van der Waals surface area contributed by atoms with Crippen molar-refractivity contribution >= 4 is 11.8 Å². The van der Waals surface area contributed by atoms with Gasteiger partial charge in [0.2, 0.25) is 5.91 Å². The monoisotopic (exact) mass is 372 g/mol. The van der Waals surface area contributed by atoms with E-state index in [0.29, 0.717) is 18.2 Å². The minimum atomic E-state index is -0.339. The van der Waals surface area contributed by atoms with Crippen molar-refractivity contribution < 1.29 is 14.0 Å². The minimum absolute atomic E-state index is 0.115. The van der Waals surface area contributed by atoms with Crippen LogP contribution >= 0.6 is 0 Å². The third-order valence-electron chi connectivity index (χ3n) is 3.89. The minimum Gasteiger partial charge on any atom is -0.356 e. The van der Waals surface area contributed by atoms with E-state index in [4.69, 9.17) is 0 Å². The summed E-state index contributed by atoms with van der Waals surface area (Å²) in [5.41, 5.74) is 1.70. The molecule has 0 aliphatic heterocycles. The first-order chi connectivity index (χ1) is 12.8. The highest BCUT2D eigenvalue weighted by molar-refractivity contribution is 5.92. The maximum atomic E-state index is 13.1. The van der Waals surface area contributed by atoms with Crippen LogP contribution in [0.2, 0.25) is 0 Å². The van der Waals surface area contributed by atoms with Crippen LogP contribution in [-0.4, -0.2) is 39.8 Å². The van der Waals surface area contributed by atoms with Gasteiger partial charge in [-0.05, 0) is 30.5 Å². The Hall–Kier alpha value is -2.83. The molecule has 0 aliphatic carbocycles. The van der Waals surface area contributed by atoms with Crippen LogP contribution in [-0.2, 0) is 11.3 Å². The van der Waals surface area contributed by atoms with Gasteiger partial charge in [0.1, 0.15) is 11.5 Å². The molecule has 1 N–H and O–H groups in total. The van der Waals surface area contributed by atoms with E-state index in [1.54, 1.807) is 19.1 Å². The summed E-state index contributed by atoms with van der Waals surface area (Å²) in [5, 5.41) is 2.84. The molecule has 7 heteroatoms. The molecular formula is C20H25FN4O2. The highest BCUT2D eigenvalue weighted by Gasteiger charge is 2.19. The summed E-state index contributed by atoms with van der Waals surface area (Å²) >= 11 is 0. The Bertz CT molecular complexity index is 761. The number of aromatic nitrogens is 2. The number of rotatable bonds is 8. The smallest absolute Gasteiger partial charge is 0.274 e. The van der Waals surface area contributed by atoms with Gasteiger partial charge in [-0.2, -0.15) is 0 Å². The molecule has 0 aliphatic rings. The summed E-state index contributed by atoms with van der Waals surface area (Å²) < 4.78 is 13.1. The van der Waals surface area contributed by atoms with Gasteiger partial charge in [0, 0.05) is 32.3 Å². The van der Waals surface area contributed by atoms with Gasteiger partial charge >= 0.3 is 0 Å². The molecule has 1 aromatic heterocycles. The second-order valence-electron chi connectivity index (χ2n) is 6.84. The van der Waals surface area contributed by atoms with Gasteiger partial charge in [0.15, 0.2) is 0 Å². The van der Waals surface area contributed by atoms with Crippen LogP contribution in [0.4, 0.5) is 4.39 Å². The van der Waals surface area contributed by atoms with E-state index in [-0.39, 0.29) is 42.8 Å². The molecular weight excluding hydrogens is 347 g/mol. The molecule has 2 amide bonds.